The van der Waals surface area contributed by atoms with Crippen LogP contribution >= 0.6 is 15.9 Å². The van der Waals surface area contributed by atoms with Crippen molar-refractivity contribution < 1.29 is 0 Å². The summed E-state index contributed by atoms with van der Waals surface area (Å²) >= 11 is 3.54. The third-order valence-electron chi connectivity index (χ3n) is 2.30. The molecule has 0 nitrogen and oxygen atoms in total. The molecule has 15 heavy (non-hydrogen) atoms. The highest BCUT2D eigenvalue weighted by Crippen LogP contribution is 2.21. The van der Waals surface area contributed by atoms with Crippen molar-refractivity contribution >= 4 is 15.9 Å². The van der Waals surface area contributed by atoms with Gasteiger partial charge in [-0.15, -0.1) is 0 Å². The fraction of sp³-hybridized carbons (Fsp3) is 0.0714. The molecule has 2 aromatic carbocycles. The molecule has 2 aromatic rings. The lowest BCUT2D eigenvalue weighted by Gasteiger charge is -2.04. The Morgan fingerprint density at radius 3 is 2.27 bits per heavy atom. The van der Waals surface area contributed by atoms with Gasteiger partial charge in [-0.2, -0.15) is 0 Å². The lowest BCUT2D eigenvalue weighted by atomic mass is 10.0. The van der Waals surface area contributed by atoms with Crippen LogP contribution in [0.15, 0.2) is 53.0 Å². The quantitative estimate of drug-likeness (QED) is 0.752. The summed E-state index contributed by atoms with van der Waals surface area (Å²) in [4.78, 5) is 0. The Bertz CT molecular complexity index is 443. The van der Waals surface area contributed by atoms with Gasteiger partial charge < -0.3 is 0 Å². The van der Waals surface area contributed by atoms with Gasteiger partial charge in [-0.3, -0.25) is 0 Å². The largest absolute Gasteiger partial charge is 0.0619 e. The van der Waals surface area contributed by atoms with E-state index in [1.165, 1.54) is 16.7 Å². The number of rotatable bonds is 2. The van der Waals surface area contributed by atoms with Crippen LogP contribution in [-0.4, -0.2) is 0 Å². The van der Waals surface area contributed by atoms with Crippen LogP contribution in [0.2, 0.25) is 0 Å². The van der Waals surface area contributed by atoms with E-state index >= 15 is 0 Å². The Hall–Kier alpha value is -1.08. The zero-order valence-corrected chi connectivity index (χ0v) is 10.2. The van der Waals surface area contributed by atoms with Gasteiger partial charge in [0.1, 0.15) is 0 Å². The smallest absolute Gasteiger partial charge is 0.0213 e. The molecule has 0 aliphatic carbocycles. The summed E-state index contributed by atoms with van der Waals surface area (Å²) in [6, 6.07) is 16.8. The lowest BCUT2D eigenvalue weighted by Crippen LogP contribution is -1.86. The Balaban J connectivity index is 2.22. The molecule has 0 aliphatic heterocycles. The average Bonchev–Trinajstić information content (AvgIpc) is 2.25. The van der Waals surface area contributed by atoms with Gasteiger partial charge in [0.15, 0.2) is 0 Å². The molecule has 0 heterocycles. The Labute approximate surface area is 99.1 Å². The second-order valence-corrected chi connectivity index (χ2v) is 4.43. The van der Waals surface area contributed by atoms with Gasteiger partial charge in [-0.1, -0.05) is 64.0 Å². The predicted molar refractivity (Wildman–Crippen MR) is 67.8 cm³/mol. The van der Waals surface area contributed by atoms with Gasteiger partial charge in [0.05, 0.1) is 0 Å². The van der Waals surface area contributed by atoms with Crippen LogP contribution in [0.3, 0.4) is 0 Å². The molecule has 2 rings (SSSR count). The predicted octanol–water partition coefficient (Wildman–Crippen LogP) is 4.36. The maximum absolute atomic E-state index is 3.54. The minimum absolute atomic E-state index is 1.13. The standard InChI is InChI=1S/C14H12Br/c1-11-6-8-12(9-7-11)10-13-4-2-3-5-14(13)15/h2-10H,1H3. The summed E-state index contributed by atoms with van der Waals surface area (Å²) < 4.78 is 1.13. The molecule has 0 amide bonds. The molecular weight excluding hydrogens is 248 g/mol. The van der Waals surface area contributed by atoms with Crippen molar-refractivity contribution in [3.05, 3.63) is 76.1 Å². The zero-order valence-electron chi connectivity index (χ0n) is 8.57. The van der Waals surface area contributed by atoms with E-state index in [0.29, 0.717) is 0 Å². The fourth-order valence-corrected chi connectivity index (χ4v) is 1.83. The highest BCUT2D eigenvalue weighted by atomic mass is 79.9. The Morgan fingerprint density at radius 2 is 1.60 bits per heavy atom. The van der Waals surface area contributed by atoms with E-state index < -0.39 is 0 Å². The van der Waals surface area contributed by atoms with Crippen molar-refractivity contribution in [3.8, 4) is 0 Å². The molecule has 0 spiro atoms. The maximum atomic E-state index is 3.54. The first-order valence-electron chi connectivity index (χ1n) is 4.92. The van der Waals surface area contributed by atoms with E-state index in [0.717, 1.165) is 4.47 Å². The van der Waals surface area contributed by atoms with Gasteiger partial charge in [0.2, 0.25) is 0 Å². The van der Waals surface area contributed by atoms with Crippen LogP contribution in [0.5, 0.6) is 0 Å². The molecule has 1 heteroatoms. The Morgan fingerprint density at radius 1 is 0.933 bits per heavy atom. The molecule has 0 saturated carbocycles. The minimum atomic E-state index is 1.13. The zero-order chi connectivity index (χ0) is 10.7. The number of benzene rings is 2. The Kier molecular flexibility index (Phi) is 3.22. The van der Waals surface area contributed by atoms with E-state index in [4.69, 9.17) is 0 Å². The molecular formula is C14H12Br. The van der Waals surface area contributed by atoms with Crippen molar-refractivity contribution in [2.45, 2.75) is 6.92 Å². The van der Waals surface area contributed by atoms with Crippen molar-refractivity contribution in [3.63, 3.8) is 0 Å². The lowest BCUT2D eigenvalue weighted by molar-refractivity contribution is 1.38. The average molecular weight is 260 g/mol. The van der Waals surface area contributed by atoms with Crippen molar-refractivity contribution in [2.24, 2.45) is 0 Å². The molecule has 0 unspecified atom stereocenters. The van der Waals surface area contributed by atoms with E-state index in [-0.39, 0.29) is 0 Å². The van der Waals surface area contributed by atoms with E-state index in [2.05, 4.69) is 65.7 Å². The first kappa shape index (κ1) is 10.4. The molecule has 0 fully saturated rings. The number of hydrogen-bond acceptors (Lipinski definition) is 0. The summed E-state index contributed by atoms with van der Waals surface area (Å²) in [5.41, 5.74) is 3.73. The SMILES string of the molecule is Cc1ccc([CH]c2ccccc2Br)cc1. The van der Waals surface area contributed by atoms with E-state index in [9.17, 15) is 0 Å². The first-order valence-corrected chi connectivity index (χ1v) is 5.71. The van der Waals surface area contributed by atoms with Crippen LogP contribution in [0.1, 0.15) is 16.7 Å². The van der Waals surface area contributed by atoms with Gasteiger partial charge in [0, 0.05) is 10.9 Å². The number of aryl methyl sites for hydroxylation is 1. The van der Waals surface area contributed by atoms with Crippen LogP contribution in [-0.2, 0) is 0 Å². The molecule has 0 saturated heterocycles. The highest BCUT2D eigenvalue weighted by molar-refractivity contribution is 9.10. The summed E-state index contributed by atoms with van der Waals surface area (Å²) in [5, 5.41) is 0. The highest BCUT2D eigenvalue weighted by Gasteiger charge is 2.00. The second-order valence-electron chi connectivity index (χ2n) is 3.58. The number of hydrogen-bond donors (Lipinski definition) is 0. The summed E-state index contributed by atoms with van der Waals surface area (Å²) in [7, 11) is 0. The van der Waals surface area contributed by atoms with Crippen LogP contribution < -0.4 is 0 Å². The molecule has 0 bridgehead atoms. The second kappa shape index (κ2) is 4.63. The summed E-state index contributed by atoms with van der Waals surface area (Å²) in [5.74, 6) is 0. The molecule has 1 radical (unpaired) electrons. The summed E-state index contributed by atoms with van der Waals surface area (Å²) in [6.45, 7) is 2.10. The number of halogens is 1. The maximum Gasteiger partial charge on any atom is 0.0213 e. The van der Waals surface area contributed by atoms with Gasteiger partial charge in [-0.25, -0.2) is 0 Å². The third-order valence-corrected chi connectivity index (χ3v) is 3.03. The van der Waals surface area contributed by atoms with Crippen molar-refractivity contribution in [2.75, 3.05) is 0 Å². The van der Waals surface area contributed by atoms with E-state index in [1.807, 2.05) is 12.1 Å². The van der Waals surface area contributed by atoms with Crippen LogP contribution in [0.25, 0.3) is 0 Å². The van der Waals surface area contributed by atoms with Crippen LogP contribution in [0, 0.1) is 13.3 Å². The van der Waals surface area contributed by atoms with Crippen molar-refractivity contribution in [1.29, 1.82) is 0 Å². The van der Waals surface area contributed by atoms with Gasteiger partial charge >= 0.3 is 0 Å². The first-order chi connectivity index (χ1) is 7.25. The molecule has 0 N–H and O–H groups in total. The molecule has 0 aromatic heterocycles. The van der Waals surface area contributed by atoms with Gasteiger partial charge in [-0.05, 0) is 24.1 Å². The fourth-order valence-electron chi connectivity index (χ4n) is 1.43. The topological polar surface area (TPSA) is 0 Å². The van der Waals surface area contributed by atoms with Gasteiger partial charge in [0.25, 0.3) is 0 Å². The van der Waals surface area contributed by atoms with E-state index in [1.54, 1.807) is 0 Å². The molecule has 75 valence electrons. The van der Waals surface area contributed by atoms with Crippen molar-refractivity contribution in [1.82, 2.24) is 0 Å². The van der Waals surface area contributed by atoms with Crippen LogP contribution in [0.4, 0.5) is 0 Å². The summed E-state index contributed by atoms with van der Waals surface area (Å²) in [6.07, 6.45) is 2.17. The monoisotopic (exact) mass is 259 g/mol. The minimum Gasteiger partial charge on any atom is -0.0619 e. The third kappa shape index (κ3) is 2.69. The molecule has 0 atom stereocenters. The normalized spacial score (nSPS) is 10.3. The molecule has 0 aliphatic rings.